The van der Waals surface area contributed by atoms with Crippen LogP contribution in [0.2, 0.25) is 0 Å². The van der Waals surface area contributed by atoms with Gasteiger partial charge in [0.15, 0.2) is 5.75 Å². The molecule has 10 heteroatoms. The molecule has 0 saturated carbocycles. The summed E-state index contributed by atoms with van der Waals surface area (Å²) < 4.78 is 36.4. The third kappa shape index (κ3) is 4.80. The van der Waals surface area contributed by atoms with E-state index < -0.39 is 33.1 Å². The van der Waals surface area contributed by atoms with Crippen molar-refractivity contribution in [3.63, 3.8) is 0 Å². The Labute approximate surface area is 156 Å². The molecule has 0 N–H and O–H groups in total. The van der Waals surface area contributed by atoms with Gasteiger partial charge in [-0.1, -0.05) is 30.3 Å². The lowest BCUT2D eigenvalue weighted by Gasteiger charge is -2.21. The molecule has 0 spiro atoms. The van der Waals surface area contributed by atoms with E-state index in [1.807, 2.05) is 0 Å². The van der Waals surface area contributed by atoms with Crippen LogP contribution in [0.3, 0.4) is 0 Å². The maximum atomic E-state index is 13.0. The molecule has 27 heavy (non-hydrogen) atoms. The molecule has 2 rings (SSSR count). The Kier molecular flexibility index (Phi) is 6.48. The van der Waals surface area contributed by atoms with Crippen molar-refractivity contribution < 1.29 is 27.6 Å². The fourth-order valence-corrected chi connectivity index (χ4v) is 3.74. The normalized spacial score (nSPS) is 11.2. The number of carbonyl (C=O) groups is 1. The van der Waals surface area contributed by atoms with E-state index >= 15 is 0 Å². The molecule has 0 amide bonds. The van der Waals surface area contributed by atoms with Gasteiger partial charge in [-0.05, 0) is 17.7 Å². The van der Waals surface area contributed by atoms with Crippen molar-refractivity contribution in [3.8, 4) is 5.75 Å². The van der Waals surface area contributed by atoms with Gasteiger partial charge in [-0.3, -0.25) is 14.9 Å². The first-order chi connectivity index (χ1) is 12.8. The molecule has 2 aromatic carbocycles. The molecule has 144 valence electrons. The molecule has 0 heterocycles. The largest absolute Gasteiger partial charge is 0.490 e. The van der Waals surface area contributed by atoms with E-state index in [0.717, 1.165) is 17.5 Å². The Balaban J connectivity index is 2.47. The number of rotatable bonds is 8. The molecule has 0 aliphatic rings. The molecule has 0 aliphatic heterocycles. The molecule has 2 aromatic rings. The van der Waals surface area contributed by atoms with Crippen LogP contribution in [0.5, 0.6) is 5.75 Å². The second kappa shape index (κ2) is 8.60. The number of nitrogens with zero attached hydrogens (tertiary/aromatic N) is 2. The number of nitro groups is 1. The minimum atomic E-state index is -4.21. The van der Waals surface area contributed by atoms with Crippen molar-refractivity contribution >= 4 is 21.7 Å². The first kappa shape index (κ1) is 20.3. The van der Waals surface area contributed by atoms with Crippen LogP contribution in [0.4, 0.5) is 5.69 Å². The molecule has 0 aliphatic carbocycles. The van der Waals surface area contributed by atoms with Gasteiger partial charge in [0.25, 0.3) is 0 Å². The van der Waals surface area contributed by atoms with Gasteiger partial charge < -0.3 is 9.47 Å². The minimum Gasteiger partial charge on any atom is -0.490 e. The van der Waals surface area contributed by atoms with Crippen LogP contribution in [-0.2, 0) is 26.1 Å². The first-order valence-corrected chi connectivity index (χ1v) is 9.17. The third-order valence-electron chi connectivity index (χ3n) is 3.72. The Morgan fingerprint density at radius 1 is 1.15 bits per heavy atom. The van der Waals surface area contributed by atoms with E-state index in [1.165, 1.54) is 19.2 Å². The summed E-state index contributed by atoms with van der Waals surface area (Å²) in [6.45, 7) is -0.633. The fraction of sp³-hybridized carbons (Fsp3) is 0.235. The van der Waals surface area contributed by atoms with Crippen LogP contribution in [0, 0.1) is 10.1 Å². The summed E-state index contributed by atoms with van der Waals surface area (Å²) in [6.07, 6.45) is 0. The molecule has 0 radical (unpaired) electrons. The van der Waals surface area contributed by atoms with Crippen LogP contribution in [0.25, 0.3) is 0 Å². The number of sulfonamides is 1. The predicted molar refractivity (Wildman–Crippen MR) is 95.7 cm³/mol. The van der Waals surface area contributed by atoms with Crippen LogP contribution in [0.1, 0.15) is 5.56 Å². The maximum Gasteiger partial charge on any atom is 0.321 e. The number of carbonyl (C=O) groups excluding carboxylic acids is 1. The van der Waals surface area contributed by atoms with Crippen LogP contribution >= 0.6 is 0 Å². The molecule has 9 nitrogen and oxygen atoms in total. The summed E-state index contributed by atoms with van der Waals surface area (Å²) in [6, 6.07) is 11.9. The molecular weight excluding hydrogens is 376 g/mol. The lowest BCUT2D eigenvalue weighted by molar-refractivity contribution is -0.386. The summed E-state index contributed by atoms with van der Waals surface area (Å²) >= 11 is 0. The Morgan fingerprint density at radius 2 is 1.81 bits per heavy atom. The Hall–Kier alpha value is -2.98. The van der Waals surface area contributed by atoms with Crippen LogP contribution in [0.15, 0.2) is 53.4 Å². The SMILES string of the molecule is COC(=O)CN(Cc1ccccc1)S(=O)(=O)c1ccc(OC)c([N+](=O)[O-])c1. The van der Waals surface area contributed by atoms with Crippen molar-refractivity contribution in [1.82, 2.24) is 4.31 Å². The lowest BCUT2D eigenvalue weighted by Crippen LogP contribution is -2.35. The van der Waals surface area contributed by atoms with E-state index in [1.54, 1.807) is 30.3 Å². The summed E-state index contributed by atoms with van der Waals surface area (Å²) in [5, 5.41) is 11.2. The average molecular weight is 394 g/mol. The van der Waals surface area contributed by atoms with Gasteiger partial charge in [-0.15, -0.1) is 0 Å². The summed E-state index contributed by atoms with van der Waals surface area (Å²) in [4.78, 5) is 21.8. The summed E-state index contributed by atoms with van der Waals surface area (Å²) in [5.74, 6) is -0.820. The van der Waals surface area contributed by atoms with Gasteiger partial charge in [0, 0.05) is 12.6 Å². The highest BCUT2D eigenvalue weighted by atomic mass is 32.2. The van der Waals surface area contributed by atoms with Gasteiger partial charge in [0.2, 0.25) is 10.0 Å². The zero-order chi connectivity index (χ0) is 20.0. The van der Waals surface area contributed by atoms with Crippen LogP contribution in [-0.4, -0.2) is 44.4 Å². The highest BCUT2D eigenvalue weighted by Gasteiger charge is 2.30. The first-order valence-electron chi connectivity index (χ1n) is 7.73. The molecule has 0 bridgehead atoms. The number of methoxy groups -OCH3 is 2. The summed E-state index contributed by atoms with van der Waals surface area (Å²) in [7, 11) is -1.82. The van der Waals surface area contributed by atoms with Crippen molar-refractivity contribution in [1.29, 1.82) is 0 Å². The van der Waals surface area contributed by atoms with Gasteiger partial charge in [-0.2, -0.15) is 4.31 Å². The minimum absolute atomic E-state index is 0.0680. The van der Waals surface area contributed by atoms with Crippen molar-refractivity contribution in [2.24, 2.45) is 0 Å². The molecule has 0 aromatic heterocycles. The maximum absolute atomic E-state index is 13.0. The van der Waals surface area contributed by atoms with E-state index in [9.17, 15) is 23.3 Å². The predicted octanol–water partition coefficient (Wildman–Crippen LogP) is 1.97. The molecule has 0 saturated heterocycles. The van der Waals surface area contributed by atoms with E-state index in [4.69, 9.17) is 4.74 Å². The topological polar surface area (TPSA) is 116 Å². The standard InChI is InChI=1S/C17H18N2O7S/c1-25-16-9-8-14(10-15(16)19(21)22)27(23,24)18(12-17(20)26-2)11-13-6-4-3-5-7-13/h3-10H,11-12H2,1-2H3. The van der Waals surface area contributed by atoms with Crippen LogP contribution < -0.4 is 4.74 Å². The number of nitro benzene ring substituents is 1. The molecule has 0 atom stereocenters. The van der Waals surface area contributed by atoms with Gasteiger partial charge in [0.1, 0.15) is 6.54 Å². The smallest absolute Gasteiger partial charge is 0.321 e. The van der Waals surface area contributed by atoms with E-state index in [2.05, 4.69) is 4.74 Å². The van der Waals surface area contributed by atoms with Crippen molar-refractivity contribution in [3.05, 3.63) is 64.2 Å². The molecular formula is C17H18N2O7S. The number of hydrogen-bond acceptors (Lipinski definition) is 7. The quantitative estimate of drug-likeness (QED) is 0.382. The van der Waals surface area contributed by atoms with E-state index in [0.29, 0.717) is 5.56 Å². The lowest BCUT2D eigenvalue weighted by atomic mass is 10.2. The fourth-order valence-electron chi connectivity index (χ4n) is 2.34. The highest BCUT2D eigenvalue weighted by molar-refractivity contribution is 7.89. The average Bonchev–Trinajstić information content (AvgIpc) is 2.67. The highest BCUT2D eigenvalue weighted by Crippen LogP contribution is 2.31. The van der Waals surface area contributed by atoms with Crippen molar-refractivity contribution in [2.75, 3.05) is 20.8 Å². The molecule has 0 fully saturated rings. The van der Waals surface area contributed by atoms with E-state index in [-0.39, 0.29) is 17.2 Å². The number of hydrogen-bond donors (Lipinski definition) is 0. The van der Waals surface area contributed by atoms with Gasteiger partial charge in [0.05, 0.1) is 24.0 Å². The van der Waals surface area contributed by atoms with Gasteiger partial charge in [-0.25, -0.2) is 8.42 Å². The summed E-state index contributed by atoms with van der Waals surface area (Å²) in [5.41, 5.74) is 0.157. The zero-order valence-electron chi connectivity index (χ0n) is 14.7. The number of benzene rings is 2. The number of ether oxygens (including phenoxy) is 2. The van der Waals surface area contributed by atoms with Gasteiger partial charge >= 0.3 is 11.7 Å². The third-order valence-corrected chi connectivity index (χ3v) is 5.51. The number of esters is 1. The second-order valence-corrected chi connectivity index (χ2v) is 7.36. The monoisotopic (exact) mass is 394 g/mol. The zero-order valence-corrected chi connectivity index (χ0v) is 15.5. The second-order valence-electron chi connectivity index (χ2n) is 5.43. The Morgan fingerprint density at radius 3 is 2.37 bits per heavy atom. The Bertz CT molecular complexity index is 930. The molecule has 0 unspecified atom stereocenters. The van der Waals surface area contributed by atoms with Crippen molar-refractivity contribution in [2.45, 2.75) is 11.4 Å².